The summed E-state index contributed by atoms with van der Waals surface area (Å²) in [6.07, 6.45) is -2.24. The minimum absolute atomic E-state index is 0.350. The van der Waals surface area contributed by atoms with Gasteiger partial charge in [0.2, 0.25) is 0 Å². The van der Waals surface area contributed by atoms with E-state index in [9.17, 15) is 23.1 Å². The zero-order valence-electron chi connectivity index (χ0n) is 14.6. The number of benzene rings is 1. The zero-order valence-corrected chi connectivity index (χ0v) is 15.4. The van der Waals surface area contributed by atoms with Crippen LogP contribution in [0.15, 0.2) is 24.4 Å². The van der Waals surface area contributed by atoms with Gasteiger partial charge in [0.25, 0.3) is 0 Å². The number of imidazole rings is 1. The van der Waals surface area contributed by atoms with Crippen LogP contribution in [0.5, 0.6) is 0 Å². The van der Waals surface area contributed by atoms with Crippen molar-refractivity contribution in [3.8, 4) is 0 Å². The highest BCUT2D eigenvalue weighted by molar-refractivity contribution is 6.31. The molecular weight excluding hydrogens is 383 g/mol. The minimum Gasteiger partial charge on any atom is -0.465 e. The van der Waals surface area contributed by atoms with Crippen LogP contribution in [-0.4, -0.2) is 32.2 Å². The smallest absolute Gasteiger partial charge is 0.417 e. The van der Waals surface area contributed by atoms with Gasteiger partial charge in [0.15, 0.2) is 0 Å². The second-order valence-corrected chi connectivity index (χ2v) is 6.85. The molecule has 0 saturated carbocycles. The maximum Gasteiger partial charge on any atom is 0.417 e. The fraction of sp³-hybridized carbons (Fsp3) is 0.444. The van der Waals surface area contributed by atoms with Crippen molar-refractivity contribution in [2.24, 2.45) is 0 Å². The summed E-state index contributed by atoms with van der Waals surface area (Å²) in [5.41, 5.74) is 0.576. The number of carboxylic acid groups (broad SMARTS) is 1. The Morgan fingerprint density at radius 1 is 1.37 bits per heavy atom. The van der Waals surface area contributed by atoms with Crippen LogP contribution in [-0.2, 0) is 25.6 Å². The molecule has 1 aliphatic heterocycles. The minimum atomic E-state index is -4.50. The van der Waals surface area contributed by atoms with Gasteiger partial charge in [0, 0.05) is 19.5 Å². The Morgan fingerprint density at radius 2 is 2.11 bits per heavy atom. The van der Waals surface area contributed by atoms with Crippen molar-refractivity contribution in [2.45, 2.75) is 44.9 Å². The molecule has 1 aliphatic rings. The molecule has 0 saturated heterocycles. The van der Waals surface area contributed by atoms with Gasteiger partial charge >= 0.3 is 12.3 Å². The number of alkyl halides is 3. The average molecular weight is 402 g/mol. The standard InChI is InChI=1S/C18H19ClF3N3O2/c1-2-16-23-10-15-14(25(17(26)27)8-7-24(15)16)6-4-11-3-5-12(13(19)9-11)18(20,21)22/h3,5,9-10,14H,2,4,6-8H2,1H3,(H,26,27). The number of fused-ring (bicyclic) bond motifs is 1. The van der Waals surface area contributed by atoms with Crippen molar-refractivity contribution in [3.05, 3.63) is 52.1 Å². The molecule has 0 fully saturated rings. The third-order valence-electron chi connectivity index (χ3n) is 4.86. The van der Waals surface area contributed by atoms with Crippen molar-refractivity contribution in [3.63, 3.8) is 0 Å². The Bertz CT molecular complexity index is 851. The average Bonchev–Trinajstić information content (AvgIpc) is 3.01. The molecule has 5 nitrogen and oxygen atoms in total. The number of carbonyl (C=O) groups is 1. The topological polar surface area (TPSA) is 58.4 Å². The molecule has 0 bridgehead atoms. The van der Waals surface area contributed by atoms with E-state index in [1.165, 1.54) is 17.0 Å². The van der Waals surface area contributed by atoms with E-state index in [2.05, 4.69) is 4.98 Å². The Kier molecular flexibility index (Phi) is 5.37. The van der Waals surface area contributed by atoms with Crippen LogP contribution in [0, 0.1) is 0 Å². The molecule has 1 aromatic carbocycles. The molecular formula is C18H19ClF3N3O2. The van der Waals surface area contributed by atoms with Crippen molar-refractivity contribution in [1.29, 1.82) is 0 Å². The van der Waals surface area contributed by atoms with E-state index in [1.807, 2.05) is 11.5 Å². The van der Waals surface area contributed by atoms with Crippen LogP contribution in [0.3, 0.4) is 0 Å². The summed E-state index contributed by atoms with van der Waals surface area (Å²) in [4.78, 5) is 17.4. The number of hydrogen-bond acceptors (Lipinski definition) is 2. The number of amides is 1. The van der Waals surface area contributed by atoms with E-state index < -0.39 is 23.9 Å². The normalized spacial score (nSPS) is 17.1. The van der Waals surface area contributed by atoms with Gasteiger partial charge in [-0.1, -0.05) is 24.6 Å². The first kappa shape index (κ1) is 19.5. The molecule has 1 unspecified atom stereocenters. The van der Waals surface area contributed by atoms with Crippen molar-refractivity contribution in [1.82, 2.24) is 14.5 Å². The summed E-state index contributed by atoms with van der Waals surface area (Å²) in [5, 5.41) is 9.17. The lowest BCUT2D eigenvalue weighted by Gasteiger charge is -2.35. The molecule has 1 N–H and O–H groups in total. The van der Waals surface area contributed by atoms with Crippen LogP contribution >= 0.6 is 11.6 Å². The molecule has 27 heavy (non-hydrogen) atoms. The second-order valence-electron chi connectivity index (χ2n) is 6.45. The highest BCUT2D eigenvalue weighted by atomic mass is 35.5. The van der Waals surface area contributed by atoms with E-state index in [1.54, 1.807) is 6.20 Å². The summed E-state index contributed by atoms with van der Waals surface area (Å²) >= 11 is 5.78. The highest BCUT2D eigenvalue weighted by Gasteiger charge is 2.34. The third-order valence-corrected chi connectivity index (χ3v) is 5.17. The quantitative estimate of drug-likeness (QED) is 0.801. The fourth-order valence-electron chi connectivity index (χ4n) is 3.54. The number of halogens is 4. The van der Waals surface area contributed by atoms with E-state index in [-0.39, 0.29) is 5.02 Å². The lowest BCUT2D eigenvalue weighted by Crippen LogP contribution is -2.41. The molecule has 2 heterocycles. The van der Waals surface area contributed by atoms with Gasteiger partial charge in [-0.05, 0) is 30.5 Å². The van der Waals surface area contributed by atoms with E-state index in [0.717, 1.165) is 24.0 Å². The summed E-state index contributed by atoms with van der Waals surface area (Å²) in [6, 6.07) is 3.25. The SMILES string of the molecule is CCc1ncc2n1CCN(C(=O)O)C2CCc1ccc(C(F)(F)F)c(Cl)c1. The Morgan fingerprint density at radius 3 is 2.70 bits per heavy atom. The zero-order chi connectivity index (χ0) is 19.8. The highest BCUT2D eigenvalue weighted by Crippen LogP contribution is 2.36. The first-order valence-electron chi connectivity index (χ1n) is 8.61. The number of nitrogens with zero attached hydrogens (tertiary/aromatic N) is 3. The van der Waals surface area contributed by atoms with Gasteiger partial charge in [-0.25, -0.2) is 9.78 Å². The predicted molar refractivity (Wildman–Crippen MR) is 93.9 cm³/mol. The van der Waals surface area contributed by atoms with E-state index in [0.29, 0.717) is 31.5 Å². The van der Waals surface area contributed by atoms with Crippen molar-refractivity contribution < 1.29 is 23.1 Å². The third kappa shape index (κ3) is 3.90. The summed E-state index contributed by atoms with van der Waals surface area (Å²) < 4.78 is 40.5. The van der Waals surface area contributed by atoms with E-state index >= 15 is 0 Å². The molecule has 0 radical (unpaired) electrons. The molecule has 0 aliphatic carbocycles. The van der Waals surface area contributed by atoms with Crippen LogP contribution in [0.1, 0.15) is 42.0 Å². The van der Waals surface area contributed by atoms with Gasteiger partial charge in [-0.3, -0.25) is 4.90 Å². The lowest BCUT2D eigenvalue weighted by molar-refractivity contribution is -0.137. The fourth-order valence-corrected chi connectivity index (χ4v) is 3.85. The molecule has 0 spiro atoms. The number of hydrogen-bond donors (Lipinski definition) is 1. The largest absolute Gasteiger partial charge is 0.465 e. The van der Waals surface area contributed by atoms with Crippen molar-refractivity contribution >= 4 is 17.7 Å². The first-order chi connectivity index (χ1) is 12.7. The van der Waals surface area contributed by atoms with Gasteiger partial charge < -0.3 is 9.67 Å². The Labute approximate surface area is 159 Å². The molecule has 3 rings (SSSR count). The summed E-state index contributed by atoms with van der Waals surface area (Å²) in [5.74, 6) is 0.901. The predicted octanol–water partition coefficient (Wildman–Crippen LogP) is 4.79. The van der Waals surface area contributed by atoms with Gasteiger partial charge in [-0.15, -0.1) is 0 Å². The van der Waals surface area contributed by atoms with Crippen LogP contribution in [0.4, 0.5) is 18.0 Å². The molecule has 2 aromatic rings. The molecule has 9 heteroatoms. The molecule has 1 atom stereocenters. The number of rotatable bonds is 4. The maximum absolute atomic E-state index is 12.8. The molecule has 1 aromatic heterocycles. The summed E-state index contributed by atoms with van der Waals surface area (Å²) in [6.45, 7) is 2.88. The Balaban J connectivity index is 1.82. The first-order valence-corrected chi connectivity index (χ1v) is 8.99. The molecule has 1 amide bonds. The number of aromatic nitrogens is 2. The van der Waals surface area contributed by atoms with E-state index in [4.69, 9.17) is 11.6 Å². The van der Waals surface area contributed by atoms with Crippen LogP contribution < -0.4 is 0 Å². The van der Waals surface area contributed by atoms with Crippen LogP contribution in [0.2, 0.25) is 5.02 Å². The van der Waals surface area contributed by atoms with Crippen LogP contribution in [0.25, 0.3) is 0 Å². The second kappa shape index (κ2) is 7.42. The lowest BCUT2D eigenvalue weighted by atomic mass is 9.99. The van der Waals surface area contributed by atoms with Gasteiger partial charge in [-0.2, -0.15) is 13.2 Å². The van der Waals surface area contributed by atoms with Crippen molar-refractivity contribution in [2.75, 3.05) is 6.54 Å². The maximum atomic E-state index is 12.8. The monoisotopic (exact) mass is 401 g/mol. The Hall–Kier alpha value is -2.22. The summed E-state index contributed by atoms with van der Waals surface area (Å²) in [7, 11) is 0. The van der Waals surface area contributed by atoms with Gasteiger partial charge in [0.05, 0.1) is 28.5 Å². The number of aryl methyl sites for hydroxylation is 2. The van der Waals surface area contributed by atoms with Gasteiger partial charge in [0.1, 0.15) is 5.82 Å². The molecule has 146 valence electrons.